The van der Waals surface area contributed by atoms with E-state index in [-0.39, 0.29) is 5.91 Å². The summed E-state index contributed by atoms with van der Waals surface area (Å²) < 4.78 is 10.5. The molecule has 7 nitrogen and oxygen atoms in total. The Labute approximate surface area is 158 Å². The van der Waals surface area contributed by atoms with Crippen LogP contribution in [0.3, 0.4) is 0 Å². The van der Waals surface area contributed by atoms with E-state index in [9.17, 15) is 4.79 Å². The number of hydrogen-bond acceptors (Lipinski definition) is 5. The second kappa shape index (κ2) is 8.95. The summed E-state index contributed by atoms with van der Waals surface area (Å²) in [4.78, 5) is 17.8. The van der Waals surface area contributed by atoms with E-state index in [4.69, 9.17) is 9.26 Å². The SMILES string of the molecule is CC[NH+](CC(=O)Nc1ccc(OC)cc1)Cc1nc(-c2ccccc2)no1. The van der Waals surface area contributed by atoms with Crippen LogP contribution in [-0.2, 0) is 11.3 Å². The van der Waals surface area contributed by atoms with E-state index in [1.54, 1.807) is 7.11 Å². The average Bonchev–Trinajstić information content (AvgIpc) is 3.17. The van der Waals surface area contributed by atoms with Crippen LogP contribution < -0.4 is 15.0 Å². The number of nitrogens with one attached hydrogen (secondary N) is 2. The zero-order chi connectivity index (χ0) is 19.1. The van der Waals surface area contributed by atoms with Crippen LogP contribution in [-0.4, -0.2) is 36.2 Å². The molecule has 7 heteroatoms. The number of rotatable bonds is 8. The van der Waals surface area contributed by atoms with Crippen LogP contribution in [0.5, 0.6) is 5.75 Å². The Bertz CT molecular complexity index is 862. The van der Waals surface area contributed by atoms with Crippen molar-refractivity contribution >= 4 is 11.6 Å². The van der Waals surface area contributed by atoms with Crippen LogP contribution in [0.4, 0.5) is 5.69 Å². The van der Waals surface area contributed by atoms with Crippen LogP contribution in [0.25, 0.3) is 11.4 Å². The maximum Gasteiger partial charge on any atom is 0.282 e. The summed E-state index contributed by atoms with van der Waals surface area (Å²) in [5.74, 6) is 1.76. The van der Waals surface area contributed by atoms with Gasteiger partial charge in [0.2, 0.25) is 5.82 Å². The van der Waals surface area contributed by atoms with E-state index in [0.717, 1.165) is 28.4 Å². The van der Waals surface area contributed by atoms with Crippen molar-refractivity contribution in [3.8, 4) is 17.1 Å². The van der Waals surface area contributed by atoms with Crippen molar-refractivity contribution in [3.05, 3.63) is 60.5 Å². The molecular weight excluding hydrogens is 344 g/mol. The zero-order valence-electron chi connectivity index (χ0n) is 15.4. The lowest BCUT2D eigenvalue weighted by Gasteiger charge is -2.15. The van der Waals surface area contributed by atoms with E-state index >= 15 is 0 Å². The third-order valence-electron chi connectivity index (χ3n) is 4.19. The lowest BCUT2D eigenvalue weighted by molar-refractivity contribution is -0.905. The summed E-state index contributed by atoms with van der Waals surface area (Å²) in [6.07, 6.45) is 0. The summed E-state index contributed by atoms with van der Waals surface area (Å²) in [6, 6.07) is 16.9. The number of ether oxygens (including phenoxy) is 1. The van der Waals surface area contributed by atoms with Gasteiger partial charge in [0.05, 0.1) is 13.7 Å². The lowest BCUT2D eigenvalue weighted by Crippen LogP contribution is -3.11. The fourth-order valence-corrected chi connectivity index (χ4v) is 2.66. The Morgan fingerprint density at radius 3 is 2.56 bits per heavy atom. The maximum atomic E-state index is 12.3. The highest BCUT2D eigenvalue weighted by molar-refractivity contribution is 5.91. The zero-order valence-corrected chi connectivity index (χ0v) is 15.4. The molecule has 1 heterocycles. The number of carbonyl (C=O) groups excluding carboxylic acids is 1. The van der Waals surface area contributed by atoms with Gasteiger partial charge in [0, 0.05) is 11.3 Å². The molecule has 0 fully saturated rings. The minimum absolute atomic E-state index is 0.0696. The number of methoxy groups -OCH3 is 1. The number of quaternary nitrogens is 1. The molecule has 27 heavy (non-hydrogen) atoms. The monoisotopic (exact) mass is 367 g/mol. The van der Waals surface area contributed by atoms with Gasteiger partial charge in [0.15, 0.2) is 13.1 Å². The number of anilines is 1. The first-order chi connectivity index (χ1) is 13.2. The molecule has 1 amide bonds. The largest absolute Gasteiger partial charge is 0.497 e. The molecule has 2 N–H and O–H groups in total. The summed E-state index contributed by atoms with van der Waals surface area (Å²) in [5, 5.41) is 6.92. The molecule has 140 valence electrons. The molecule has 2 aromatic carbocycles. The van der Waals surface area contributed by atoms with E-state index in [0.29, 0.717) is 24.8 Å². The summed E-state index contributed by atoms with van der Waals surface area (Å²) in [7, 11) is 1.61. The molecule has 0 aliphatic rings. The van der Waals surface area contributed by atoms with E-state index in [1.165, 1.54) is 0 Å². The first-order valence-electron chi connectivity index (χ1n) is 8.83. The molecule has 0 aliphatic heterocycles. The third-order valence-corrected chi connectivity index (χ3v) is 4.19. The van der Waals surface area contributed by atoms with Crippen molar-refractivity contribution in [1.29, 1.82) is 0 Å². The fraction of sp³-hybridized carbons (Fsp3) is 0.250. The van der Waals surface area contributed by atoms with Gasteiger partial charge >= 0.3 is 0 Å². The van der Waals surface area contributed by atoms with E-state index in [1.807, 2.05) is 61.5 Å². The van der Waals surface area contributed by atoms with Gasteiger partial charge in [-0.1, -0.05) is 35.5 Å². The summed E-state index contributed by atoms with van der Waals surface area (Å²) >= 11 is 0. The molecule has 0 spiro atoms. The number of likely N-dealkylation sites (N-methyl/N-ethyl adjacent to an activating group) is 1. The van der Waals surface area contributed by atoms with Gasteiger partial charge in [-0.2, -0.15) is 4.98 Å². The normalized spacial score (nSPS) is 11.8. The van der Waals surface area contributed by atoms with Crippen molar-refractivity contribution in [1.82, 2.24) is 10.1 Å². The highest BCUT2D eigenvalue weighted by Crippen LogP contribution is 2.15. The minimum Gasteiger partial charge on any atom is -0.497 e. The Kier molecular flexibility index (Phi) is 6.17. The standard InChI is InChI=1S/C20H22N4O3/c1-3-24(13-18(25)21-16-9-11-17(26-2)12-10-16)14-19-22-20(23-27-19)15-7-5-4-6-8-15/h4-12H,3,13-14H2,1-2H3,(H,21,25)/p+1. The molecule has 0 saturated heterocycles. The Balaban J connectivity index is 1.57. The number of carbonyl (C=O) groups is 1. The molecule has 0 saturated carbocycles. The number of amides is 1. The van der Waals surface area contributed by atoms with Gasteiger partial charge in [0.1, 0.15) is 5.75 Å². The third kappa shape index (κ3) is 5.15. The highest BCUT2D eigenvalue weighted by Gasteiger charge is 2.18. The average molecular weight is 367 g/mol. The molecule has 1 atom stereocenters. The number of nitrogens with zero attached hydrogens (tertiary/aromatic N) is 2. The predicted octanol–water partition coefficient (Wildman–Crippen LogP) is 1.79. The smallest absolute Gasteiger partial charge is 0.282 e. The quantitative estimate of drug-likeness (QED) is 0.634. The first-order valence-corrected chi connectivity index (χ1v) is 8.83. The first kappa shape index (κ1) is 18.6. The van der Waals surface area contributed by atoms with Crippen LogP contribution >= 0.6 is 0 Å². The van der Waals surface area contributed by atoms with Gasteiger partial charge in [0.25, 0.3) is 11.8 Å². The van der Waals surface area contributed by atoms with Gasteiger partial charge in [-0.15, -0.1) is 0 Å². The molecular formula is C20H23N4O3+. The van der Waals surface area contributed by atoms with Gasteiger partial charge < -0.3 is 19.5 Å². The topological polar surface area (TPSA) is 81.7 Å². The fourth-order valence-electron chi connectivity index (χ4n) is 2.66. The van der Waals surface area contributed by atoms with Crippen molar-refractivity contribution in [2.45, 2.75) is 13.5 Å². The van der Waals surface area contributed by atoms with Crippen LogP contribution in [0.15, 0.2) is 59.1 Å². The van der Waals surface area contributed by atoms with Crippen molar-refractivity contribution < 1.29 is 19.0 Å². The number of hydrogen-bond donors (Lipinski definition) is 2. The summed E-state index contributed by atoms with van der Waals surface area (Å²) in [5.41, 5.74) is 1.64. The van der Waals surface area contributed by atoms with Crippen LogP contribution in [0.2, 0.25) is 0 Å². The lowest BCUT2D eigenvalue weighted by atomic mass is 10.2. The van der Waals surface area contributed by atoms with Gasteiger partial charge in [-0.05, 0) is 31.2 Å². The van der Waals surface area contributed by atoms with Gasteiger partial charge in [-0.25, -0.2) is 0 Å². The molecule has 0 bridgehead atoms. The number of aromatic nitrogens is 2. The van der Waals surface area contributed by atoms with Gasteiger partial charge in [-0.3, -0.25) is 4.79 Å². The van der Waals surface area contributed by atoms with Crippen LogP contribution in [0, 0.1) is 0 Å². The highest BCUT2D eigenvalue weighted by atomic mass is 16.5. The Morgan fingerprint density at radius 1 is 1.15 bits per heavy atom. The second-order valence-electron chi connectivity index (χ2n) is 6.11. The van der Waals surface area contributed by atoms with E-state index < -0.39 is 0 Å². The van der Waals surface area contributed by atoms with Crippen molar-refractivity contribution in [2.75, 3.05) is 25.5 Å². The predicted molar refractivity (Wildman–Crippen MR) is 101 cm³/mol. The second-order valence-corrected chi connectivity index (χ2v) is 6.11. The van der Waals surface area contributed by atoms with E-state index in [2.05, 4.69) is 15.5 Å². The Morgan fingerprint density at radius 2 is 1.89 bits per heavy atom. The maximum absolute atomic E-state index is 12.3. The molecule has 0 radical (unpaired) electrons. The Hall–Kier alpha value is -3.19. The van der Waals surface area contributed by atoms with Crippen molar-refractivity contribution in [2.24, 2.45) is 0 Å². The summed E-state index contributed by atoms with van der Waals surface area (Å²) in [6.45, 7) is 3.58. The minimum atomic E-state index is -0.0696. The molecule has 0 aliphatic carbocycles. The molecule has 1 unspecified atom stereocenters. The van der Waals surface area contributed by atoms with Crippen LogP contribution in [0.1, 0.15) is 12.8 Å². The molecule has 3 rings (SSSR count). The number of benzene rings is 2. The molecule has 3 aromatic rings. The van der Waals surface area contributed by atoms with Crippen molar-refractivity contribution in [3.63, 3.8) is 0 Å². The molecule has 1 aromatic heterocycles.